The molecule has 0 unspecified atom stereocenters. The van der Waals surface area contributed by atoms with Crippen molar-refractivity contribution in [3.63, 3.8) is 0 Å². The van der Waals surface area contributed by atoms with E-state index < -0.39 is 23.5 Å². The van der Waals surface area contributed by atoms with Gasteiger partial charge in [0.15, 0.2) is 17.4 Å². The summed E-state index contributed by atoms with van der Waals surface area (Å²) in [4.78, 5) is 37.1. The van der Waals surface area contributed by atoms with Crippen LogP contribution in [0.15, 0.2) is 29.5 Å². The Balaban J connectivity index is 1.89. The topological polar surface area (TPSA) is 75.3 Å². The molecule has 0 radical (unpaired) electrons. The monoisotopic (exact) mass is 348 g/mol. The molecule has 1 aliphatic heterocycles. The Morgan fingerprint density at radius 2 is 1.92 bits per heavy atom. The predicted molar refractivity (Wildman–Crippen MR) is 86.3 cm³/mol. The van der Waals surface area contributed by atoms with Crippen LogP contribution >= 0.6 is 0 Å². The lowest BCUT2D eigenvalue weighted by Gasteiger charge is -2.37. The molecule has 132 valence electrons. The van der Waals surface area contributed by atoms with Crippen molar-refractivity contribution in [2.24, 2.45) is 11.3 Å². The highest BCUT2D eigenvalue weighted by Crippen LogP contribution is 2.40. The number of benzene rings is 1. The molecule has 0 spiro atoms. The van der Waals surface area contributed by atoms with E-state index in [0.29, 0.717) is 17.7 Å². The average molecular weight is 348 g/mol. The van der Waals surface area contributed by atoms with Crippen molar-refractivity contribution in [1.82, 2.24) is 5.32 Å². The van der Waals surface area contributed by atoms with Crippen LogP contribution in [0.2, 0.25) is 0 Å². The fourth-order valence-electron chi connectivity index (χ4n) is 3.38. The van der Waals surface area contributed by atoms with Gasteiger partial charge >= 0.3 is 0 Å². The van der Waals surface area contributed by atoms with E-state index in [2.05, 4.69) is 10.6 Å². The quantitative estimate of drug-likeness (QED) is 0.863. The predicted octanol–water partition coefficient (Wildman–Crippen LogP) is 2.68. The van der Waals surface area contributed by atoms with E-state index in [0.717, 1.165) is 12.1 Å². The molecule has 1 heterocycles. The van der Waals surface area contributed by atoms with Gasteiger partial charge in [-0.15, -0.1) is 0 Å². The number of hydrogen-bond donors (Lipinski definition) is 2. The third kappa shape index (κ3) is 3.45. The molecule has 1 atom stereocenters. The van der Waals surface area contributed by atoms with Gasteiger partial charge in [0.2, 0.25) is 11.8 Å². The highest BCUT2D eigenvalue weighted by molar-refractivity contribution is 6.09. The van der Waals surface area contributed by atoms with Crippen LogP contribution in [-0.2, 0) is 14.4 Å². The molecule has 0 saturated carbocycles. The van der Waals surface area contributed by atoms with Gasteiger partial charge in [0.25, 0.3) is 0 Å². The van der Waals surface area contributed by atoms with Crippen molar-refractivity contribution in [1.29, 1.82) is 0 Å². The van der Waals surface area contributed by atoms with Crippen LogP contribution in [0.3, 0.4) is 0 Å². The summed E-state index contributed by atoms with van der Waals surface area (Å²) in [5, 5.41) is 5.16. The van der Waals surface area contributed by atoms with Gasteiger partial charge in [-0.05, 0) is 24.0 Å². The first-order valence-electron chi connectivity index (χ1n) is 7.98. The van der Waals surface area contributed by atoms with Crippen LogP contribution in [0.4, 0.5) is 14.5 Å². The number of Topliss-reactive ketones (excluding diaryl/α,β-unsaturated/α-hetero) is 1. The first kappa shape index (κ1) is 17.3. The zero-order valence-electron chi connectivity index (χ0n) is 13.9. The summed E-state index contributed by atoms with van der Waals surface area (Å²) < 4.78 is 26.3. The smallest absolute Gasteiger partial charge is 0.232 e. The van der Waals surface area contributed by atoms with Gasteiger partial charge in [-0.1, -0.05) is 13.8 Å². The molecule has 2 aliphatic rings. The fourth-order valence-corrected chi connectivity index (χ4v) is 3.38. The summed E-state index contributed by atoms with van der Waals surface area (Å²) in [5.74, 6) is -4.13. The summed E-state index contributed by atoms with van der Waals surface area (Å²) in [6, 6.07) is 2.98. The molecule has 1 aromatic carbocycles. The molecule has 0 aromatic heterocycles. The van der Waals surface area contributed by atoms with E-state index in [4.69, 9.17) is 0 Å². The second kappa shape index (κ2) is 6.06. The molecule has 5 nitrogen and oxygen atoms in total. The fraction of sp³-hybridized carbons (Fsp3) is 0.389. The molecule has 0 saturated heterocycles. The molecule has 2 N–H and O–H groups in total. The molecule has 1 aromatic rings. The van der Waals surface area contributed by atoms with E-state index >= 15 is 0 Å². The normalized spacial score (nSPS) is 22.3. The lowest BCUT2D eigenvalue weighted by Crippen LogP contribution is -2.44. The summed E-state index contributed by atoms with van der Waals surface area (Å²) in [5.41, 5.74) is 0.587. The second-order valence-electron chi connectivity index (χ2n) is 7.26. The Morgan fingerprint density at radius 1 is 1.20 bits per heavy atom. The van der Waals surface area contributed by atoms with Crippen molar-refractivity contribution in [2.75, 3.05) is 5.32 Å². The van der Waals surface area contributed by atoms with Crippen molar-refractivity contribution in [3.05, 3.63) is 41.1 Å². The van der Waals surface area contributed by atoms with E-state index in [-0.39, 0.29) is 35.6 Å². The van der Waals surface area contributed by atoms with Crippen LogP contribution in [-0.4, -0.2) is 17.6 Å². The SMILES string of the molecule is CC1(C)CC(=O)C2=C(C1)NC(=O)C[C@H]2C(=O)Nc1ccc(F)c(F)c1. The zero-order chi connectivity index (χ0) is 18.4. The number of rotatable bonds is 2. The number of anilines is 1. The van der Waals surface area contributed by atoms with Gasteiger partial charge in [-0.3, -0.25) is 14.4 Å². The molecular weight excluding hydrogens is 330 g/mol. The first-order valence-corrected chi connectivity index (χ1v) is 7.98. The van der Waals surface area contributed by atoms with Crippen LogP contribution in [0.25, 0.3) is 0 Å². The number of allylic oxidation sites excluding steroid dienone is 1. The minimum absolute atomic E-state index is 0.0700. The number of halogens is 2. The molecule has 7 heteroatoms. The van der Waals surface area contributed by atoms with E-state index in [1.54, 1.807) is 0 Å². The zero-order valence-corrected chi connectivity index (χ0v) is 13.9. The van der Waals surface area contributed by atoms with Gasteiger partial charge in [0, 0.05) is 35.9 Å². The van der Waals surface area contributed by atoms with E-state index in [1.165, 1.54) is 6.07 Å². The Labute approximate surface area is 143 Å². The Kier molecular flexibility index (Phi) is 4.18. The van der Waals surface area contributed by atoms with Gasteiger partial charge < -0.3 is 10.6 Å². The Bertz CT molecular complexity index is 815. The maximum atomic E-state index is 13.3. The summed E-state index contributed by atoms with van der Waals surface area (Å²) in [7, 11) is 0. The van der Waals surface area contributed by atoms with E-state index in [1.807, 2.05) is 13.8 Å². The van der Waals surface area contributed by atoms with Gasteiger partial charge in [-0.25, -0.2) is 8.78 Å². The number of hydrogen-bond acceptors (Lipinski definition) is 3. The molecule has 25 heavy (non-hydrogen) atoms. The Morgan fingerprint density at radius 3 is 2.60 bits per heavy atom. The van der Waals surface area contributed by atoms with Gasteiger partial charge in [-0.2, -0.15) is 0 Å². The lowest BCUT2D eigenvalue weighted by atomic mass is 9.71. The molecule has 1 aliphatic carbocycles. The summed E-state index contributed by atoms with van der Waals surface area (Å²) >= 11 is 0. The minimum atomic E-state index is -1.09. The molecule has 2 amide bonds. The van der Waals surface area contributed by atoms with Crippen LogP contribution < -0.4 is 10.6 Å². The third-order valence-corrected chi connectivity index (χ3v) is 4.45. The second-order valence-corrected chi connectivity index (χ2v) is 7.26. The van der Waals surface area contributed by atoms with Crippen molar-refractivity contribution in [3.8, 4) is 0 Å². The maximum Gasteiger partial charge on any atom is 0.232 e. The van der Waals surface area contributed by atoms with Crippen LogP contribution in [0.5, 0.6) is 0 Å². The number of amides is 2. The molecule has 0 fully saturated rings. The van der Waals surface area contributed by atoms with Crippen molar-refractivity contribution < 1.29 is 23.2 Å². The number of nitrogens with one attached hydrogen (secondary N) is 2. The highest BCUT2D eigenvalue weighted by Gasteiger charge is 2.42. The van der Waals surface area contributed by atoms with Gasteiger partial charge in [0.1, 0.15) is 0 Å². The molecule has 3 rings (SSSR count). The first-order chi connectivity index (χ1) is 11.7. The van der Waals surface area contributed by atoms with Gasteiger partial charge in [0.05, 0.1) is 5.92 Å². The minimum Gasteiger partial charge on any atom is -0.329 e. The van der Waals surface area contributed by atoms with Crippen molar-refractivity contribution in [2.45, 2.75) is 33.1 Å². The number of carbonyl (C=O) groups is 3. The molecule has 0 bridgehead atoms. The van der Waals surface area contributed by atoms with Crippen molar-refractivity contribution >= 4 is 23.3 Å². The number of ketones is 1. The molecular formula is C18H18F2N2O3. The van der Waals surface area contributed by atoms with Crippen LogP contribution in [0.1, 0.15) is 33.1 Å². The Hall–Kier alpha value is -2.57. The standard InChI is InChI=1S/C18H18F2N2O3/c1-18(2)7-13-16(14(23)8-18)10(6-15(24)22-13)17(25)21-9-3-4-11(19)12(20)5-9/h3-5,10H,6-8H2,1-2H3,(H,21,25)(H,22,24)/t10-/m1/s1. The average Bonchev–Trinajstić information content (AvgIpc) is 2.48. The third-order valence-electron chi connectivity index (χ3n) is 4.45. The highest BCUT2D eigenvalue weighted by atomic mass is 19.2. The van der Waals surface area contributed by atoms with Crippen LogP contribution in [0, 0.1) is 23.0 Å². The maximum absolute atomic E-state index is 13.3. The largest absolute Gasteiger partial charge is 0.329 e. The lowest BCUT2D eigenvalue weighted by molar-refractivity contribution is -0.129. The number of carbonyl (C=O) groups excluding carboxylic acids is 3. The summed E-state index contributed by atoms with van der Waals surface area (Å²) in [6.45, 7) is 3.84. The summed E-state index contributed by atoms with van der Waals surface area (Å²) in [6.07, 6.45) is 0.631. The van der Waals surface area contributed by atoms with E-state index in [9.17, 15) is 23.2 Å².